The number of hydrazine groups is 1. The van der Waals surface area contributed by atoms with Crippen LogP contribution in [0.4, 0.5) is 11.8 Å². The molecule has 0 spiro atoms. The number of aliphatic hydroxyl groups is 1. The normalized spacial score (nSPS) is 12.4. The lowest BCUT2D eigenvalue weighted by molar-refractivity contribution is 0.0239. The lowest BCUT2D eigenvalue weighted by Gasteiger charge is -2.38. The molecule has 0 aliphatic heterocycles. The van der Waals surface area contributed by atoms with Gasteiger partial charge in [-0.2, -0.15) is 4.98 Å². The lowest BCUT2D eigenvalue weighted by atomic mass is 9.86. The summed E-state index contributed by atoms with van der Waals surface area (Å²) in [6, 6.07) is 1.72. The monoisotopic (exact) mass is 225 g/mol. The minimum Gasteiger partial charge on any atom is -0.388 e. The van der Waals surface area contributed by atoms with Crippen LogP contribution in [-0.2, 0) is 0 Å². The predicted molar refractivity (Wildman–Crippen MR) is 63.8 cm³/mol. The molecular formula is C10H19N5O. The highest BCUT2D eigenvalue weighted by atomic mass is 16.3. The number of nitrogen functional groups attached to an aromatic ring is 1. The van der Waals surface area contributed by atoms with E-state index < -0.39 is 11.1 Å². The summed E-state index contributed by atoms with van der Waals surface area (Å²) in [5.74, 6) is 6.15. The Morgan fingerprint density at radius 2 is 1.94 bits per heavy atom. The van der Waals surface area contributed by atoms with E-state index in [1.165, 1.54) is 0 Å². The van der Waals surface area contributed by atoms with Gasteiger partial charge < -0.3 is 10.4 Å². The number of hydrogen-bond donors (Lipinski definition) is 4. The van der Waals surface area contributed by atoms with Gasteiger partial charge in [0, 0.05) is 6.20 Å². The topological polar surface area (TPSA) is 96.1 Å². The largest absolute Gasteiger partial charge is 0.388 e. The second-order valence-electron chi connectivity index (χ2n) is 4.72. The molecule has 0 unspecified atom stereocenters. The molecule has 0 amide bonds. The highest BCUT2D eigenvalue weighted by Crippen LogP contribution is 2.24. The Labute approximate surface area is 95.3 Å². The van der Waals surface area contributed by atoms with Crippen molar-refractivity contribution in [2.24, 2.45) is 5.84 Å². The van der Waals surface area contributed by atoms with Crippen LogP contribution in [0.3, 0.4) is 0 Å². The SMILES string of the molecule is CC(C)(O)C(C)(C)Nc1ccnc(NN)n1. The molecule has 0 fully saturated rings. The Morgan fingerprint density at radius 1 is 1.31 bits per heavy atom. The van der Waals surface area contributed by atoms with Crippen molar-refractivity contribution in [3.63, 3.8) is 0 Å². The van der Waals surface area contributed by atoms with Crippen LogP contribution in [0.15, 0.2) is 12.3 Å². The Hall–Kier alpha value is -1.40. The van der Waals surface area contributed by atoms with E-state index in [4.69, 9.17) is 5.84 Å². The summed E-state index contributed by atoms with van der Waals surface area (Å²) >= 11 is 0. The zero-order chi connectivity index (χ0) is 12.4. The standard InChI is InChI=1S/C10H19N5O/c1-9(2,10(3,4)16)14-7-5-6-12-8(13-7)15-11/h5-6,16H,11H2,1-4H3,(H2,12,13,14,15). The third-order valence-electron chi connectivity index (χ3n) is 2.75. The van der Waals surface area contributed by atoms with Crippen molar-refractivity contribution >= 4 is 11.8 Å². The summed E-state index contributed by atoms with van der Waals surface area (Å²) in [5, 5.41) is 13.1. The van der Waals surface area contributed by atoms with Crippen molar-refractivity contribution in [3.8, 4) is 0 Å². The molecule has 6 heteroatoms. The number of nitrogens with zero attached hydrogens (tertiary/aromatic N) is 2. The van der Waals surface area contributed by atoms with Crippen LogP contribution in [0.1, 0.15) is 27.7 Å². The highest BCUT2D eigenvalue weighted by molar-refractivity contribution is 5.41. The van der Waals surface area contributed by atoms with Gasteiger partial charge in [-0.3, -0.25) is 5.43 Å². The van der Waals surface area contributed by atoms with Crippen molar-refractivity contribution in [2.45, 2.75) is 38.8 Å². The third kappa shape index (κ3) is 2.80. The van der Waals surface area contributed by atoms with Crippen LogP contribution in [0.25, 0.3) is 0 Å². The fourth-order valence-corrected chi connectivity index (χ4v) is 0.971. The summed E-state index contributed by atoms with van der Waals surface area (Å²) in [7, 11) is 0. The summed E-state index contributed by atoms with van der Waals surface area (Å²) in [5.41, 5.74) is 0.966. The first-order valence-corrected chi connectivity index (χ1v) is 5.06. The molecule has 16 heavy (non-hydrogen) atoms. The average molecular weight is 225 g/mol. The minimum absolute atomic E-state index is 0.330. The molecule has 1 rings (SSSR count). The molecule has 6 nitrogen and oxygen atoms in total. The fourth-order valence-electron chi connectivity index (χ4n) is 0.971. The molecule has 0 atom stereocenters. The van der Waals surface area contributed by atoms with E-state index in [0.717, 1.165) is 0 Å². The number of nitrogens with two attached hydrogens (primary N) is 1. The summed E-state index contributed by atoms with van der Waals surface area (Å²) in [6.45, 7) is 7.27. The number of rotatable bonds is 4. The molecule has 0 radical (unpaired) electrons. The first kappa shape index (κ1) is 12.7. The van der Waals surface area contributed by atoms with Gasteiger partial charge in [0.05, 0.1) is 11.1 Å². The van der Waals surface area contributed by atoms with Crippen molar-refractivity contribution in [3.05, 3.63) is 12.3 Å². The quantitative estimate of drug-likeness (QED) is 0.445. The Morgan fingerprint density at radius 3 is 2.44 bits per heavy atom. The van der Waals surface area contributed by atoms with Crippen molar-refractivity contribution in [2.75, 3.05) is 10.7 Å². The predicted octanol–water partition coefficient (Wildman–Crippen LogP) is 0.724. The average Bonchev–Trinajstić information content (AvgIpc) is 2.15. The third-order valence-corrected chi connectivity index (χ3v) is 2.75. The van der Waals surface area contributed by atoms with Gasteiger partial charge in [0.2, 0.25) is 5.95 Å². The molecule has 0 aromatic carbocycles. The van der Waals surface area contributed by atoms with Crippen molar-refractivity contribution < 1.29 is 5.11 Å². The van der Waals surface area contributed by atoms with E-state index in [1.54, 1.807) is 26.1 Å². The first-order valence-electron chi connectivity index (χ1n) is 5.06. The maximum Gasteiger partial charge on any atom is 0.239 e. The molecule has 0 saturated heterocycles. The molecule has 1 aromatic heterocycles. The number of aromatic nitrogens is 2. The van der Waals surface area contributed by atoms with Gasteiger partial charge in [-0.1, -0.05) is 0 Å². The van der Waals surface area contributed by atoms with Gasteiger partial charge in [-0.15, -0.1) is 0 Å². The summed E-state index contributed by atoms with van der Waals surface area (Å²) < 4.78 is 0. The fraction of sp³-hybridized carbons (Fsp3) is 0.600. The van der Waals surface area contributed by atoms with Crippen molar-refractivity contribution in [1.29, 1.82) is 0 Å². The van der Waals surface area contributed by atoms with Gasteiger partial charge in [0.15, 0.2) is 0 Å². The summed E-state index contributed by atoms with van der Waals surface area (Å²) in [6.07, 6.45) is 1.59. The molecule has 1 aromatic rings. The molecule has 0 aliphatic carbocycles. The summed E-state index contributed by atoms with van der Waals surface area (Å²) in [4.78, 5) is 8.02. The number of hydrogen-bond acceptors (Lipinski definition) is 6. The maximum absolute atomic E-state index is 9.99. The molecule has 1 heterocycles. The van der Waals surface area contributed by atoms with E-state index in [2.05, 4.69) is 20.7 Å². The van der Waals surface area contributed by atoms with Gasteiger partial charge in [-0.05, 0) is 33.8 Å². The number of anilines is 2. The molecule has 90 valence electrons. The highest BCUT2D eigenvalue weighted by Gasteiger charge is 2.35. The first-order chi connectivity index (χ1) is 7.26. The van der Waals surface area contributed by atoms with E-state index in [-0.39, 0.29) is 0 Å². The number of nitrogens with one attached hydrogen (secondary N) is 2. The van der Waals surface area contributed by atoms with Crippen LogP contribution >= 0.6 is 0 Å². The molecule has 0 saturated carbocycles. The van der Waals surface area contributed by atoms with Crippen LogP contribution < -0.4 is 16.6 Å². The minimum atomic E-state index is -0.881. The Bertz CT molecular complexity index is 358. The van der Waals surface area contributed by atoms with Gasteiger partial charge in [0.25, 0.3) is 0 Å². The van der Waals surface area contributed by atoms with Crippen LogP contribution in [0.2, 0.25) is 0 Å². The van der Waals surface area contributed by atoms with E-state index in [0.29, 0.717) is 11.8 Å². The van der Waals surface area contributed by atoms with Crippen LogP contribution in [0.5, 0.6) is 0 Å². The van der Waals surface area contributed by atoms with Crippen LogP contribution in [-0.4, -0.2) is 26.2 Å². The van der Waals surface area contributed by atoms with Crippen molar-refractivity contribution in [1.82, 2.24) is 9.97 Å². The van der Waals surface area contributed by atoms with Gasteiger partial charge >= 0.3 is 0 Å². The molecular weight excluding hydrogens is 206 g/mol. The zero-order valence-corrected chi connectivity index (χ0v) is 10.1. The molecule has 0 aliphatic rings. The van der Waals surface area contributed by atoms with Gasteiger partial charge in [-0.25, -0.2) is 10.8 Å². The smallest absolute Gasteiger partial charge is 0.239 e. The lowest BCUT2D eigenvalue weighted by Crippen LogP contribution is -2.51. The Balaban J connectivity index is 2.88. The van der Waals surface area contributed by atoms with Crippen LogP contribution in [0, 0.1) is 0 Å². The molecule has 0 bridgehead atoms. The van der Waals surface area contributed by atoms with E-state index in [1.807, 2.05) is 13.8 Å². The van der Waals surface area contributed by atoms with E-state index >= 15 is 0 Å². The second-order valence-corrected chi connectivity index (χ2v) is 4.72. The maximum atomic E-state index is 9.99. The zero-order valence-electron chi connectivity index (χ0n) is 10.1. The van der Waals surface area contributed by atoms with Gasteiger partial charge in [0.1, 0.15) is 5.82 Å². The second kappa shape index (κ2) is 4.23. The Kier molecular flexibility index (Phi) is 3.35. The van der Waals surface area contributed by atoms with E-state index in [9.17, 15) is 5.11 Å². The molecule has 5 N–H and O–H groups in total.